The third-order valence-corrected chi connectivity index (χ3v) is 5.15. The van der Waals surface area contributed by atoms with Crippen molar-refractivity contribution in [3.63, 3.8) is 0 Å². The van der Waals surface area contributed by atoms with E-state index in [9.17, 15) is 4.79 Å². The second kappa shape index (κ2) is 7.59. The molecule has 0 aliphatic carbocycles. The summed E-state index contributed by atoms with van der Waals surface area (Å²) in [4.78, 5) is 20.9. The van der Waals surface area contributed by atoms with Gasteiger partial charge in [-0.25, -0.2) is 9.97 Å². The zero-order valence-corrected chi connectivity index (χ0v) is 18.1. The summed E-state index contributed by atoms with van der Waals surface area (Å²) in [5.74, 6) is 0.762. The van der Waals surface area contributed by atoms with Crippen LogP contribution in [-0.2, 0) is 5.54 Å². The Hall–Kier alpha value is -3.58. The second-order valence-electron chi connectivity index (χ2n) is 8.17. The number of benzene rings is 2. The van der Waals surface area contributed by atoms with Crippen molar-refractivity contribution in [3.05, 3.63) is 65.6 Å². The van der Waals surface area contributed by atoms with Gasteiger partial charge >= 0.3 is 0 Å². The number of carbonyl (C=O) groups excluding carboxylic acids is 1. The van der Waals surface area contributed by atoms with Crippen LogP contribution < -0.4 is 16.2 Å². The van der Waals surface area contributed by atoms with Gasteiger partial charge in [0.1, 0.15) is 29.3 Å². The van der Waals surface area contributed by atoms with E-state index in [-0.39, 0.29) is 5.54 Å². The van der Waals surface area contributed by atoms with Gasteiger partial charge in [-0.15, -0.1) is 0 Å². The number of amides is 1. The number of nitrogens with two attached hydrogens (primary N) is 2. The number of rotatable bonds is 4. The Morgan fingerprint density at radius 2 is 1.81 bits per heavy atom. The molecule has 7 nitrogen and oxygen atoms in total. The summed E-state index contributed by atoms with van der Waals surface area (Å²) >= 11 is 6.03. The van der Waals surface area contributed by atoms with Gasteiger partial charge in [0.05, 0.1) is 10.9 Å². The lowest BCUT2D eigenvalue weighted by Crippen LogP contribution is -2.21. The smallest absolute Gasteiger partial charge is 0.249 e. The molecular weight excluding hydrogens is 414 g/mol. The predicted molar refractivity (Wildman–Crippen MR) is 122 cm³/mol. The monoisotopic (exact) mass is 435 g/mol. The zero-order chi connectivity index (χ0) is 22.3. The summed E-state index contributed by atoms with van der Waals surface area (Å²) in [7, 11) is 0. The number of halogens is 1. The van der Waals surface area contributed by atoms with Crippen LogP contribution in [0.25, 0.3) is 22.2 Å². The molecule has 8 heteroatoms. The van der Waals surface area contributed by atoms with Gasteiger partial charge in [0.2, 0.25) is 5.91 Å². The lowest BCUT2D eigenvalue weighted by molar-refractivity contribution is 0.100. The normalized spacial score (nSPS) is 11.6. The molecule has 0 aliphatic heterocycles. The van der Waals surface area contributed by atoms with Gasteiger partial charge in [0.25, 0.3) is 0 Å². The summed E-state index contributed by atoms with van der Waals surface area (Å²) in [6.45, 7) is 6.18. The molecule has 0 aliphatic rings. The van der Waals surface area contributed by atoms with Crippen molar-refractivity contribution in [1.82, 2.24) is 14.5 Å². The number of aromatic nitrogens is 3. The van der Waals surface area contributed by atoms with Crippen LogP contribution in [0.5, 0.6) is 11.5 Å². The SMILES string of the molecule is CC(C)(C)n1cc(-c2ccc(Oc3cccc(Cl)c3)cc2C(N)=O)c2c(N)ncnc21. The molecule has 0 spiro atoms. The summed E-state index contributed by atoms with van der Waals surface area (Å²) < 4.78 is 7.88. The van der Waals surface area contributed by atoms with Crippen LogP contribution in [0.3, 0.4) is 0 Å². The van der Waals surface area contributed by atoms with Crippen molar-refractivity contribution < 1.29 is 9.53 Å². The van der Waals surface area contributed by atoms with Gasteiger partial charge in [0, 0.05) is 22.3 Å². The zero-order valence-electron chi connectivity index (χ0n) is 17.4. The predicted octanol–water partition coefficient (Wildman–Crippen LogP) is 4.98. The molecule has 0 unspecified atom stereocenters. The number of anilines is 1. The Bertz CT molecular complexity index is 1310. The lowest BCUT2D eigenvalue weighted by Gasteiger charge is -2.21. The first-order chi connectivity index (χ1) is 14.6. The fourth-order valence-corrected chi connectivity index (χ4v) is 3.67. The van der Waals surface area contributed by atoms with Gasteiger partial charge in [-0.05, 0) is 62.7 Å². The number of carbonyl (C=O) groups is 1. The van der Waals surface area contributed by atoms with E-state index in [1.54, 1.807) is 42.5 Å². The maximum absolute atomic E-state index is 12.4. The van der Waals surface area contributed by atoms with E-state index in [1.807, 2.05) is 10.8 Å². The number of nitrogen functional groups attached to an aromatic ring is 1. The Balaban J connectivity index is 1.89. The van der Waals surface area contributed by atoms with Crippen LogP contribution in [0, 0.1) is 0 Å². The fraction of sp³-hybridized carbons (Fsp3) is 0.174. The van der Waals surface area contributed by atoms with Crippen molar-refractivity contribution >= 4 is 34.4 Å². The number of primary amides is 1. The molecule has 4 rings (SSSR count). The van der Waals surface area contributed by atoms with E-state index in [2.05, 4.69) is 30.7 Å². The Kier molecular flexibility index (Phi) is 5.07. The van der Waals surface area contributed by atoms with Crippen molar-refractivity contribution in [2.45, 2.75) is 26.3 Å². The largest absolute Gasteiger partial charge is 0.457 e. The Labute approximate surface area is 184 Å². The Morgan fingerprint density at radius 1 is 1.06 bits per heavy atom. The topological polar surface area (TPSA) is 109 Å². The molecule has 0 fully saturated rings. The van der Waals surface area contributed by atoms with Crippen molar-refractivity contribution in [2.24, 2.45) is 5.73 Å². The number of nitrogens with zero attached hydrogens (tertiary/aromatic N) is 3. The molecule has 158 valence electrons. The average Bonchev–Trinajstić information content (AvgIpc) is 3.09. The van der Waals surface area contributed by atoms with Crippen molar-refractivity contribution in [2.75, 3.05) is 5.73 Å². The number of fused-ring (bicyclic) bond motifs is 1. The van der Waals surface area contributed by atoms with E-state index in [1.165, 1.54) is 6.33 Å². The molecule has 0 bridgehead atoms. The average molecular weight is 436 g/mol. The molecule has 0 saturated heterocycles. The highest BCUT2D eigenvalue weighted by Crippen LogP contribution is 2.38. The highest BCUT2D eigenvalue weighted by molar-refractivity contribution is 6.30. The quantitative estimate of drug-likeness (QED) is 0.469. The number of hydrogen-bond acceptors (Lipinski definition) is 5. The van der Waals surface area contributed by atoms with Crippen molar-refractivity contribution in [3.8, 4) is 22.6 Å². The van der Waals surface area contributed by atoms with Crippen LogP contribution >= 0.6 is 11.6 Å². The van der Waals surface area contributed by atoms with E-state index < -0.39 is 5.91 Å². The molecule has 1 amide bonds. The highest BCUT2D eigenvalue weighted by atomic mass is 35.5. The minimum atomic E-state index is -0.585. The van der Waals surface area contributed by atoms with Crippen LogP contribution in [0.2, 0.25) is 5.02 Å². The molecule has 4 N–H and O–H groups in total. The van der Waals surface area contributed by atoms with E-state index in [0.29, 0.717) is 44.5 Å². The van der Waals surface area contributed by atoms with Crippen LogP contribution in [0.1, 0.15) is 31.1 Å². The minimum absolute atomic E-state index is 0.264. The molecule has 4 aromatic rings. The second-order valence-corrected chi connectivity index (χ2v) is 8.61. The molecule has 31 heavy (non-hydrogen) atoms. The molecule has 0 radical (unpaired) electrons. The summed E-state index contributed by atoms with van der Waals surface area (Å²) in [5.41, 5.74) is 14.0. The van der Waals surface area contributed by atoms with Gasteiger partial charge in [-0.2, -0.15) is 0 Å². The minimum Gasteiger partial charge on any atom is -0.457 e. The van der Waals surface area contributed by atoms with E-state index in [4.69, 9.17) is 27.8 Å². The van der Waals surface area contributed by atoms with Gasteiger partial charge in [0.15, 0.2) is 0 Å². The van der Waals surface area contributed by atoms with Gasteiger partial charge in [-0.3, -0.25) is 4.79 Å². The summed E-state index contributed by atoms with van der Waals surface area (Å²) in [6.07, 6.45) is 3.36. The molecule has 2 aromatic heterocycles. The fourth-order valence-electron chi connectivity index (χ4n) is 3.49. The highest BCUT2D eigenvalue weighted by Gasteiger charge is 2.24. The maximum atomic E-state index is 12.4. The third-order valence-electron chi connectivity index (χ3n) is 4.91. The lowest BCUT2D eigenvalue weighted by atomic mass is 9.99. The van der Waals surface area contributed by atoms with Gasteiger partial charge in [-0.1, -0.05) is 17.7 Å². The standard InChI is InChI=1S/C23H22ClN5O2/c1-23(2,3)29-11-18(19-20(25)27-12-28-22(19)29)16-8-7-15(10-17(16)21(26)30)31-14-6-4-5-13(24)9-14/h4-12H,1-3H3,(H2,26,30)(H2,25,27,28). The van der Waals surface area contributed by atoms with Gasteiger partial charge < -0.3 is 20.8 Å². The first kappa shape index (κ1) is 20.7. The molecular formula is C23H22ClN5O2. The summed E-state index contributed by atoms with van der Waals surface area (Å²) in [6, 6.07) is 12.2. The van der Waals surface area contributed by atoms with Crippen LogP contribution in [-0.4, -0.2) is 20.4 Å². The number of ether oxygens (including phenoxy) is 1. The summed E-state index contributed by atoms with van der Waals surface area (Å²) in [5, 5.41) is 1.22. The number of hydrogen-bond donors (Lipinski definition) is 2. The maximum Gasteiger partial charge on any atom is 0.249 e. The molecule has 2 aromatic carbocycles. The van der Waals surface area contributed by atoms with E-state index >= 15 is 0 Å². The van der Waals surface area contributed by atoms with Crippen LogP contribution in [0.15, 0.2) is 55.0 Å². The van der Waals surface area contributed by atoms with Crippen molar-refractivity contribution in [1.29, 1.82) is 0 Å². The Morgan fingerprint density at radius 3 is 2.48 bits per heavy atom. The first-order valence-electron chi connectivity index (χ1n) is 9.65. The molecule has 2 heterocycles. The van der Waals surface area contributed by atoms with Crippen LogP contribution in [0.4, 0.5) is 5.82 Å². The molecule has 0 atom stereocenters. The third kappa shape index (κ3) is 3.92. The molecule has 0 saturated carbocycles. The first-order valence-corrected chi connectivity index (χ1v) is 10.0. The van der Waals surface area contributed by atoms with E-state index in [0.717, 1.165) is 5.56 Å².